The summed E-state index contributed by atoms with van der Waals surface area (Å²) in [6, 6.07) is 0. The number of Topliss-reactive ketones (excluding diaryl/α,β-unsaturated/α-hetero) is 1. The molecule has 5 heteroatoms. The van der Waals surface area contributed by atoms with Crippen LogP contribution >= 0.6 is 0 Å². The Hall–Kier alpha value is -1.20. The average Bonchev–Trinajstić information content (AvgIpc) is 2.58. The minimum atomic E-state index is -0.726. The Morgan fingerprint density at radius 2 is 2.00 bits per heavy atom. The first-order valence-electron chi connectivity index (χ1n) is 10.2. The average molecular weight is 379 g/mol. The third-order valence-electron chi connectivity index (χ3n) is 7.84. The molecule has 0 bridgehead atoms. The van der Waals surface area contributed by atoms with E-state index in [1.807, 2.05) is 6.92 Å². The van der Waals surface area contributed by atoms with Gasteiger partial charge in [0.15, 0.2) is 0 Å². The number of rotatable bonds is 4. The van der Waals surface area contributed by atoms with Crippen LogP contribution in [-0.2, 0) is 14.3 Å². The molecule has 0 aromatic rings. The van der Waals surface area contributed by atoms with Crippen molar-refractivity contribution in [2.75, 3.05) is 13.2 Å². The Labute approximate surface area is 162 Å². The van der Waals surface area contributed by atoms with Crippen LogP contribution in [0, 0.1) is 28.1 Å². The van der Waals surface area contributed by atoms with Crippen LogP contribution in [0.2, 0.25) is 0 Å². The van der Waals surface area contributed by atoms with Gasteiger partial charge in [0.25, 0.3) is 0 Å². The van der Waals surface area contributed by atoms with E-state index >= 15 is 0 Å². The Bertz CT molecular complexity index is 655. The van der Waals surface area contributed by atoms with E-state index in [1.165, 1.54) is 12.5 Å². The van der Waals surface area contributed by atoms with Gasteiger partial charge in [-0.05, 0) is 42.9 Å². The van der Waals surface area contributed by atoms with Crippen LogP contribution in [0.5, 0.6) is 0 Å². The van der Waals surface area contributed by atoms with Crippen LogP contribution in [0.15, 0.2) is 11.6 Å². The van der Waals surface area contributed by atoms with E-state index in [-0.39, 0.29) is 35.8 Å². The number of hydrogen-bond acceptors (Lipinski definition) is 5. The van der Waals surface area contributed by atoms with Crippen LogP contribution in [0.3, 0.4) is 0 Å². The fourth-order valence-electron chi connectivity index (χ4n) is 6.39. The van der Waals surface area contributed by atoms with Crippen LogP contribution < -0.4 is 0 Å². The second-order valence-electron chi connectivity index (χ2n) is 9.94. The summed E-state index contributed by atoms with van der Waals surface area (Å²) in [6.45, 7) is 7.76. The van der Waals surface area contributed by atoms with Crippen LogP contribution in [0.25, 0.3) is 0 Å². The summed E-state index contributed by atoms with van der Waals surface area (Å²) in [5, 5.41) is 20.7. The standard InChI is InChI=1S/C22H34O5/c1-14(24)27-12-19(26)20(2)8-7-17-15(9-20)5-6-18-21(3,13-23)10-16(25)11-22(17,18)4/h9,17-19,23,26H,5-8,10-13H2,1-4H3/t17-,18-,19+,20+,21+,22+/m1/s1. The number of fused-ring (bicyclic) bond motifs is 3. The van der Waals surface area contributed by atoms with E-state index in [2.05, 4.69) is 19.9 Å². The molecule has 6 atom stereocenters. The molecule has 0 aromatic carbocycles. The van der Waals surface area contributed by atoms with E-state index in [4.69, 9.17) is 4.74 Å². The molecule has 2 N–H and O–H groups in total. The van der Waals surface area contributed by atoms with E-state index in [0.717, 1.165) is 25.7 Å². The van der Waals surface area contributed by atoms with Crippen molar-refractivity contribution in [3.63, 3.8) is 0 Å². The molecule has 0 radical (unpaired) electrons. The van der Waals surface area contributed by atoms with Gasteiger partial charge in [-0.3, -0.25) is 9.59 Å². The van der Waals surface area contributed by atoms with Crippen LogP contribution in [0.4, 0.5) is 0 Å². The predicted molar refractivity (Wildman–Crippen MR) is 102 cm³/mol. The lowest BCUT2D eigenvalue weighted by atomic mass is 9.45. The highest BCUT2D eigenvalue weighted by Gasteiger charge is 2.58. The summed E-state index contributed by atoms with van der Waals surface area (Å²) in [5.74, 6) is 0.538. The summed E-state index contributed by atoms with van der Waals surface area (Å²) in [5.41, 5.74) is 0.465. The number of allylic oxidation sites excluding steroid dienone is 1. The normalized spacial score (nSPS) is 42.6. The number of carbonyl (C=O) groups is 2. The first-order valence-corrected chi connectivity index (χ1v) is 10.2. The van der Waals surface area contributed by atoms with Gasteiger partial charge in [0.05, 0.1) is 6.10 Å². The lowest BCUT2D eigenvalue weighted by molar-refractivity contribution is -0.147. The molecule has 2 saturated carbocycles. The number of esters is 1. The second kappa shape index (κ2) is 7.00. The van der Waals surface area contributed by atoms with Crippen molar-refractivity contribution in [3.8, 4) is 0 Å². The quantitative estimate of drug-likeness (QED) is 0.580. The predicted octanol–water partition coefficient (Wildman–Crippen LogP) is 3.03. The van der Waals surface area contributed by atoms with Crippen LogP contribution in [-0.4, -0.2) is 41.3 Å². The molecule has 0 heterocycles. The van der Waals surface area contributed by atoms with Crippen molar-refractivity contribution in [2.45, 2.75) is 72.3 Å². The molecular weight excluding hydrogens is 344 g/mol. The topological polar surface area (TPSA) is 83.8 Å². The van der Waals surface area contributed by atoms with Gasteiger partial charge in [-0.1, -0.05) is 32.4 Å². The molecule has 0 unspecified atom stereocenters. The smallest absolute Gasteiger partial charge is 0.302 e. The molecular formula is C22H34O5. The highest BCUT2D eigenvalue weighted by molar-refractivity contribution is 5.81. The highest BCUT2D eigenvalue weighted by Crippen LogP contribution is 2.63. The summed E-state index contributed by atoms with van der Waals surface area (Å²) >= 11 is 0. The zero-order valence-corrected chi connectivity index (χ0v) is 17.1. The molecule has 2 fully saturated rings. The lowest BCUT2D eigenvalue weighted by Crippen LogP contribution is -2.55. The zero-order chi connectivity index (χ0) is 20.0. The SMILES string of the molecule is CC(=O)OC[C@H](O)[C@]1(C)C=C2CC[C@@H]3[C@](C)(CO)CC(=O)C[C@@]3(C)[C@@H]2CC1. The summed E-state index contributed by atoms with van der Waals surface area (Å²) in [4.78, 5) is 23.6. The van der Waals surface area contributed by atoms with E-state index in [0.29, 0.717) is 24.7 Å². The Morgan fingerprint density at radius 3 is 2.63 bits per heavy atom. The van der Waals surface area contributed by atoms with Crippen LogP contribution in [0.1, 0.15) is 66.2 Å². The summed E-state index contributed by atoms with van der Waals surface area (Å²) in [7, 11) is 0. The number of ketones is 1. The van der Waals surface area contributed by atoms with Crippen molar-refractivity contribution in [1.29, 1.82) is 0 Å². The van der Waals surface area contributed by atoms with Gasteiger partial charge in [-0.2, -0.15) is 0 Å². The van der Waals surface area contributed by atoms with Gasteiger partial charge in [-0.25, -0.2) is 0 Å². The highest BCUT2D eigenvalue weighted by atomic mass is 16.5. The molecule has 3 rings (SSSR count). The molecule has 3 aliphatic carbocycles. The molecule has 0 saturated heterocycles. The molecule has 0 aromatic heterocycles. The monoisotopic (exact) mass is 378 g/mol. The molecule has 27 heavy (non-hydrogen) atoms. The van der Waals surface area contributed by atoms with Gasteiger partial charge < -0.3 is 14.9 Å². The largest absolute Gasteiger partial charge is 0.463 e. The van der Waals surface area contributed by atoms with Crippen molar-refractivity contribution < 1.29 is 24.5 Å². The molecule has 3 aliphatic rings. The number of hydrogen-bond donors (Lipinski definition) is 2. The van der Waals surface area contributed by atoms with Gasteiger partial charge in [0, 0.05) is 37.2 Å². The Morgan fingerprint density at radius 1 is 1.30 bits per heavy atom. The number of ether oxygens (including phenoxy) is 1. The molecule has 152 valence electrons. The maximum Gasteiger partial charge on any atom is 0.302 e. The number of aliphatic hydroxyl groups is 2. The molecule has 0 amide bonds. The third kappa shape index (κ3) is 3.49. The van der Waals surface area contributed by atoms with E-state index < -0.39 is 11.5 Å². The number of aliphatic hydroxyl groups excluding tert-OH is 2. The van der Waals surface area contributed by atoms with E-state index in [1.54, 1.807) is 0 Å². The maximum atomic E-state index is 12.5. The van der Waals surface area contributed by atoms with Gasteiger partial charge >= 0.3 is 5.97 Å². The fourth-order valence-corrected chi connectivity index (χ4v) is 6.39. The Kier molecular flexibility index (Phi) is 5.32. The van der Waals surface area contributed by atoms with Gasteiger partial charge in [0.1, 0.15) is 12.4 Å². The lowest BCUT2D eigenvalue weighted by Gasteiger charge is -2.59. The maximum absolute atomic E-state index is 12.5. The fraction of sp³-hybridized carbons (Fsp3) is 0.818. The first kappa shape index (κ1) is 20.5. The molecule has 5 nitrogen and oxygen atoms in total. The minimum Gasteiger partial charge on any atom is -0.463 e. The summed E-state index contributed by atoms with van der Waals surface area (Å²) in [6.07, 6.45) is 6.18. The minimum absolute atomic E-state index is 0.0151. The molecule has 0 aliphatic heterocycles. The van der Waals surface area contributed by atoms with Crippen molar-refractivity contribution in [2.24, 2.45) is 28.1 Å². The number of carbonyl (C=O) groups excluding carboxylic acids is 2. The summed E-state index contributed by atoms with van der Waals surface area (Å²) < 4.78 is 5.03. The zero-order valence-electron chi connectivity index (χ0n) is 17.1. The molecule has 0 spiro atoms. The second-order valence-corrected chi connectivity index (χ2v) is 9.94. The van der Waals surface area contributed by atoms with Crippen molar-refractivity contribution in [3.05, 3.63) is 11.6 Å². The third-order valence-corrected chi connectivity index (χ3v) is 7.84. The van der Waals surface area contributed by atoms with Crippen molar-refractivity contribution >= 4 is 11.8 Å². The van der Waals surface area contributed by atoms with Gasteiger partial charge in [-0.15, -0.1) is 0 Å². The first-order chi connectivity index (χ1) is 12.5. The Balaban J connectivity index is 1.87. The van der Waals surface area contributed by atoms with E-state index in [9.17, 15) is 19.8 Å². The van der Waals surface area contributed by atoms with Crippen molar-refractivity contribution in [1.82, 2.24) is 0 Å². The van der Waals surface area contributed by atoms with Gasteiger partial charge in [0.2, 0.25) is 0 Å².